The second kappa shape index (κ2) is 6.68. The molecule has 0 spiro atoms. The van der Waals surface area contributed by atoms with E-state index in [9.17, 15) is 5.11 Å². The van der Waals surface area contributed by atoms with Gasteiger partial charge in [-0.2, -0.15) is 5.11 Å². The molecule has 3 aromatic rings. The van der Waals surface area contributed by atoms with Crippen LogP contribution in [0.25, 0.3) is 10.8 Å². The zero-order valence-corrected chi connectivity index (χ0v) is 13.8. The Morgan fingerprint density at radius 1 is 0.958 bits per heavy atom. The lowest BCUT2D eigenvalue weighted by atomic mass is 10.0. The molecule has 0 bridgehead atoms. The second-order valence-electron chi connectivity index (χ2n) is 5.98. The summed E-state index contributed by atoms with van der Waals surface area (Å²) in [5.41, 5.74) is 8.63. The van der Waals surface area contributed by atoms with Crippen molar-refractivity contribution in [1.29, 1.82) is 0 Å². The van der Waals surface area contributed by atoms with Gasteiger partial charge >= 0.3 is 0 Å². The number of hydrogen-bond donors (Lipinski definition) is 2. The van der Waals surface area contributed by atoms with Gasteiger partial charge in [0, 0.05) is 17.6 Å². The van der Waals surface area contributed by atoms with E-state index in [1.54, 1.807) is 30.3 Å². The normalized spacial score (nSPS) is 11.6. The average Bonchev–Trinajstić information content (AvgIpc) is 2.55. The van der Waals surface area contributed by atoms with E-state index in [2.05, 4.69) is 15.1 Å². The Bertz CT molecular complexity index is 886. The molecule has 0 heterocycles. The third-order valence-corrected chi connectivity index (χ3v) is 3.73. The van der Waals surface area contributed by atoms with E-state index in [1.165, 1.54) is 0 Å². The molecule has 0 fully saturated rings. The molecule has 3 rings (SSSR count). The van der Waals surface area contributed by atoms with Gasteiger partial charge in [0.2, 0.25) is 0 Å². The predicted octanol–water partition coefficient (Wildman–Crippen LogP) is 4.60. The van der Waals surface area contributed by atoms with Crippen LogP contribution in [-0.4, -0.2) is 24.1 Å². The summed E-state index contributed by atoms with van der Waals surface area (Å²) in [6, 6.07) is 16.7. The highest BCUT2D eigenvalue weighted by Crippen LogP contribution is 2.38. The van der Waals surface area contributed by atoms with E-state index < -0.39 is 0 Å². The van der Waals surface area contributed by atoms with Crippen LogP contribution in [-0.2, 0) is 6.54 Å². The predicted molar refractivity (Wildman–Crippen MR) is 98.0 cm³/mol. The van der Waals surface area contributed by atoms with Crippen molar-refractivity contribution in [2.24, 2.45) is 10.2 Å². The highest BCUT2D eigenvalue weighted by atomic mass is 16.3. The van der Waals surface area contributed by atoms with Gasteiger partial charge in [0.05, 0.1) is 5.69 Å². The Labute approximate surface area is 141 Å². The van der Waals surface area contributed by atoms with Crippen molar-refractivity contribution in [3.8, 4) is 5.75 Å². The zero-order valence-electron chi connectivity index (χ0n) is 13.8. The first-order valence-corrected chi connectivity index (χ1v) is 7.70. The molecular formula is C19H20N4O. The van der Waals surface area contributed by atoms with Crippen LogP contribution >= 0.6 is 0 Å². The lowest BCUT2D eigenvalue weighted by molar-refractivity contribution is 0.404. The molecule has 122 valence electrons. The van der Waals surface area contributed by atoms with Crippen LogP contribution in [0.5, 0.6) is 5.75 Å². The topological polar surface area (TPSA) is 74.2 Å². The van der Waals surface area contributed by atoms with Crippen LogP contribution in [0.1, 0.15) is 5.56 Å². The molecule has 0 amide bonds. The van der Waals surface area contributed by atoms with E-state index in [-0.39, 0.29) is 5.75 Å². The summed E-state index contributed by atoms with van der Waals surface area (Å²) in [5, 5.41) is 20.8. The standard InChI is InChI=1S/C19H20N4O/c1-23(2)12-14-5-3-4-13-6-11-17(24)19(18(13)14)22-21-16-9-7-15(20)8-10-16/h3-11,24H,12,20H2,1-2H3. The van der Waals surface area contributed by atoms with Gasteiger partial charge in [0.15, 0.2) is 0 Å². The summed E-state index contributed by atoms with van der Waals surface area (Å²) in [7, 11) is 4.02. The van der Waals surface area contributed by atoms with Crippen molar-refractivity contribution in [2.45, 2.75) is 6.54 Å². The zero-order chi connectivity index (χ0) is 17.1. The van der Waals surface area contributed by atoms with E-state index in [1.807, 2.05) is 38.4 Å². The number of anilines is 1. The Balaban J connectivity index is 2.11. The van der Waals surface area contributed by atoms with Gasteiger partial charge in [-0.15, -0.1) is 5.11 Å². The third kappa shape index (κ3) is 3.36. The van der Waals surface area contributed by atoms with E-state index in [4.69, 9.17) is 5.73 Å². The van der Waals surface area contributed by atoms with Crippen LogP contribution in [0.15, 0.2) is 64.8 Å². The van der Waals surface area contributed by atoms with Crippen LogP contribution in [0, 0.1) is 0 Å². The molecule has 0 atom stereocenters. The SMILES string of the molecule is CN(C)Cc1cccc2ccc(O)c(N=Nc3ccc(N)cc3)c12. The number of phenols is 1. The molecule has 0 saturated heterocycles. The fraction of sp³-hybridized carbons (Fsp3) is 0.158. The molecule has 5 heteroatoms. The summed E-state index contributed by atoms with van der Waals surface area (Å²) < 4.78 is 0. The van der Waals surface area contributed by atoms with Gasteiger partial charge in [-0.1, -0.05) is 24.3 Å². The lowest BCUT2D eigenvalue weighted by Crippen LogP contribution is -2.10. The molecule has 0 aliphatic rings. The van der Waals surface area contributed by atoms with Crippen molar-refractivity contribution >= 4 is 27.8 Å². The maximum Gasteiger partial charge on any atom is 0.143 e. The molecular weight excluding hydrogens is 300 g/mol. The average molecular weight is 320 g/mol. The Morgan fingerprint density at radius 2 is 1.71 bits per heavy atom. The summed E-state index contributed by atoms with van der Waals surface area (Å²) >= 11 is 0. The van der Waals surface area contributed by atoms with Crippen molar-refractivity contribution in [1.82, 2.24) is 4.90 Å². The number of nitrogen functional groups attached to an aromatic ring is 1. The monoisotopic (exact) mass is 320 g/mol. The lowest BCUT2D eigenvalue weighted by Gasteiger charge is -2.14. The summed E-state index contributed by atoms with van der Waals surface area (Å²) in [5.74, 6) is 0.118. The minimum absolute atomic E-state index is 0.118. The molecule has 0 aliphatic heterocycles. The molecule has 0 unspecified atom stereocenters. The van der Waals surface area contributed by atoms with Crippen molar-refractivity contribution in [3.63, 3.8) is 0 Å². The van der Waals surface area contributed by atoms with Gasteiger partial charge in [-0.05, 0) is 55.4 Å². The molecule has 3 aromatic carbocycles. The number of aromatic hydroxyl groups is 1. The maximum atomic E-state index is 10.3. The number of rotatable bonds is 4. The van der Waals surface area contributed by atoms with Crippen LogP contribution < -0.4 is 5.73 Å². The van der Waals surface area contributed by atoms with E-state index in [0.717, 1.165) is 22.9 Å². The number of hydrogen-bond acceptors (Lipinski definition) is 5. The molecule has 24 heavy (non-hydrogen) atoms. The van der Waals surface area contributed by atoms with Crippen LogP contribution in [0.2, 0.25) is 0 Å². The van der Waals surface area contributed by atoms with Crippen LogP contribution in [0.3, 0.4) is 0 Å². The molecule has 0 radical (unpaired) electrons. The highest BCUT2D eigenvalue weighted by molar-refractivity contribution is 5.97. The number of benzene rings is 3. The Hall–Kier alpha value is -2.92. The second-order valence-corrected chi connectivity index (χ2v) is 5.98. The Kier molecular flexibility index (Phi) is 4.44. The quantitative estimate of drug-likeness (QED) is 0.545. The number of azo groups is 1. The minimum Gasteiger partial charge on any atom is -0.506 e. The largest absolute Gasteiger partial charge is 0.506 e. The van der Waals surface area contributed by atoms with Gasteiger partial charge in [-0.25, -0.2) is 0 Å². The first kappa shape index (κ1) is 16.0. The molecule has 3 N–H and O–H groups in total. The fourth-order valence-electron chi connectivity index (χ4n) is 2.65. The van der Waals surface area contributed by atoms with Gasteiger partial charge in [0.1, 0.15) is 11.4 Å². The first-order chi connectivity index (χ1) is 11.5. The summed E-state index contributed by atoms with van der Waals surface area (Å²) in [4.78, 5) is 2.08. The van der Waals surface area contributed by atoms with E-state index in [0.29, 0.717) is 17.1 Å². The molecule has 0 saturated carbocycles. The van der Waals surface area contributed by atoms with Gasteiger partial charge in [0.25, 0.3) is 0 Å². The number of phenolic OH excluding ortho intramolecular Hbond substituents is 1. The van der Waals surface area contributed by atoms with Gasteiger partial charge < -0.3 is 15.7 Å². The number of fused-ring (bicyclic) bond motifs is 1. The van der Waals surface area contributed by atoms with Crippen LogP contribution in [0.4, 0.5) is 17.1 Å². The van der Waals surface area contributed by atoms with Gasteiger partial charge in [-0.3, -0.25) is 0 Å². The minimum atomic E-state index is 0.118. The third-order valence-electron chi connectivity index (χ3n) is 3.73. The molecule has 0 aliphatic carbocycles. The smallest absolute Gasteiger partial charge is 0.143 e. The fourth-order valence-corrected chi connectivity index (χ4v) is 2.65. The summed E-state index contributed by atoms with van der Waals surface area (Å²) in [6.45, 7) is 0.755. The molecule has 5 nitrogen and oxygen atoms in total. The summed E-state index contributed by atoms with van der Waals surface area (Å²) in [6.07, 6.45) is 0. The van der Waals surface area contributed by atoms with Crippen molar-refractivity contribution in [2.75, 3.05) is 19.8 Å². The highest BCUT2D eigenvalue weighted by Gasteiger charge is 2.11. The maximum absolute atomic E-state index is 10.3. The van der Waals surface area contributed by atoms with Crippen molar-refractivity contribution < 1.29 is 5.11 Å². The number of nitrogens with zero attached hydrogens (tertiary/aromatic N) is 3. The molecule has 0 aromatic heterocycles. The van der Waals surface area contributed by atoms with E-state index >= 15 is 0 Å². The van der Waals surface area contributed by atoms with Crippen molar-refractivity contribution in [3.05, 3.63) is 60.2 Å². The first-order valence-electron chi connectivity index (χ1n) is 7.70. The Morgan fingerprint density at radius 3 is 2.42 bits per heavy atom. The number of nitrogens with two attached hydrogens (primary N) is 1.